The molecule has 0 N–H and O–H groups in total. The predicted molar refractivity (Wildman–Crippen MR) is 107 cm³/mol. The number of aryl methyl sites for hydroxylation is 3. The second-order valence-corrected chi connectivity index (χ2v) is 10.7. The number of hydrogen-bond acceptors (Lipinski definition) is 0. The van der Waals surface area contributed by atoms with Crippen molar-refractivity contribution in [1.82, 2.24) is 0 Å². The van der Waals surface area contributed by atoms with Gasteiger partial charge >= 0.3 is 144 Å². The van der Waals surface area contributed by atoms with Gasteiger partial charge in [0.1, 0.15) is 0 Å². The summed E-state index contributed by atoms with van der Waals surface area (Å²) in [4.78, 5) is 0. The van der Waals surface area contributed by atoms with E-state index in [1.54, 1.807) is 0 Å². The van der Waals surface area contributed by atoms with Crippen molar-refractivity contribution >= 4 is 33.8 Å². The zero-order chi connectivity index (χ0) is 16.4. The zero-order valence-electron chi connectivity index (χ0n) is 14.1. The Morgan fingerprint density at radius 3 is 1.04 bits per heavy atom. The second-order valence-electron chi connectivity index (χ2n) is 6.10. The molecule has 0 heterocycles. The maximum atomic E-state index is 7.57. The summed E-state index contributed by atoms with van der Waals surface area (Å²) in [6.07, 6.45) is 0. The van der Waals surface area contributed by atoms with Crippen LogP contribution >= 0.6 is 17.9 Å². The summed E-state index contributed by atoms with van der Waals surface area (Å²) in [5, 5.41) is 3.85. The standard InChI is InChI=1S/C21H22ClP.Au/c1-16-10-4-7-13-19(16)23(22,20-14-8-5-11-17(20)2)21-15-9-6-12-18(21)3;/h4-15,23H,1-3H3;. The minimum absolute atomic E-state index is 0. The third-order valence-electron chi connectivity index (χ3n) is 4.55. The second kappa shape index (κ2) is 8.00. The van der Waals surface area contributed by atoms with E-state index in [-0.39, 0.29) is 22.4 Å². The fourth-order valence-corrected chi connectivity index (χ4v) is 8.95. The largest absolute Gasteiger partial charge is 0 e. The third kappa shape index (κ3) is 3.40. The van der Waals surface area contributed by atoms with Crippen LogP contribution in [0.4, 0.5) is 0 Å². The van der Waals surface area contributed by atoms with Gasteiger partial charge in [0, 0.05) is 22.4 Å². The van der Waals surface area contributed by atoms with Crippen LogP contribution in [0.1, 0.15) is 16.7 Å². The zero-order valence-corrected chi connectivity index (χ0v) is 18.0. The van der Waals surface area contributed by atoms with Crippen LogP contribution in [0.25, 0.3) is 0 Å². The van der Waals surface area contributed by atoms with Gasteiger partial charge in [0.15, 0.2) is 0 Å². The molecule has 3 aromatic carbocycles. The Bertz CT molecular complexity index is 734. The fraction of sp³-hybridized carbons (Fsp3) is 0.143. The van der Waals surface area contributed by atoms with Gasteiger partial charge in [-0.05, 0) is 0 Å². The van der Waals surface area contributed by atoms with Crippen molar-refractivity contribution in [3.8, 4) is 0 Å². The Hall–Kier alpha value is -0.880. The number of hydrogen-bond donors (Lipinski definition) is 0. The first-order chi connectivity index (χ1) is 11.0. The van der Waals surface area contributed by atoms with Crippen LogP contribution in [-0.4, -0.2) is 0 Å². The average Bonchev–Trinajstić information content (AvgIpc) is 2.55. The maximum Gasteiger partial charge on any atom is 0 e. The molecule has 0 aromatic heterocycles. The smallest absolute Gasteiger partial charge is 0 e. The van der Waals surface area contributed by atoms with Crippen molar-refractivity contribution in [3.05, 3.63) is 89.5 Å². The van der Waals surface area contributed by atoms with E-state index in [1.807, 2.05) is 0 Å². The Kier molecular flexibility index (Phi) is 6.48. The van der Waals surface area contributed by atoms with Crippen molar-refractivity contribution < 1.29 is 22.4 Å². The molecule has 0 aliphatic rings. The molecule has 1 radical (unpaired) electrons. The normalized spacial score (nSPS) is 11.7. The topological polar surface area (TPSA) is 0 Å². The summed E-state index contributed by atoms with van der Waals surface area (Å²) in [6.45, 7) is 3.95. The molecule has 3 heteroatoms. The molecule has 0 aliphatic heterocycles. The van der Waals surface area contributed by atoms with Gasteiger partial charge in [-0.1, -0.05) is 0 Å². The van der Waals surface area contributed by atoms with Crippen molar-refractivity contribution in [1.29, 1.82) is 0 Å². The van der Waals surface area contributed by atoms with Crippen molar-refractivity contribution in [2.75, 3.05) is 0 Å². The summed E-state index contributed by atoms with van der Waals surface area (Å²) in [7, 11) is 0. The van der Waals surface area contributed by atoms with E-state index in [0.717, 1.165) is 0 Å². The van der Waals surface area contributed by atoms with Gasteiger partial charge in [0.2, 0.25) is 0 Å². The molecular formula is C21H22AuClP. The molecule has 0 aliphatic carbocycles. The SMILES string of the molecule is Cc1ccccc1[PH](Cl)(c1ccccc1C)c1ccccc1C.[Au]. The van der Waals surface area contributed by atoms with E-state index in [0.29, 0.717) is 0 Å². The van der Waals surface area contributed by atoms with E-state index in [4.69, 9.17) is 11.2 Å². The first kappa shape index (κ1) is 19.4. The molecule has 3 aromatic rings. The molecule has 0 atom stereocenters. The molecule has 0 unspecified atom stereocenters. The van der Waals surface area contributed by atoms with Gasteiger partial charge in [-0.15, -0.1) is 0 Å². The van der Waals surface area contributed by atoms with Crippen molar-refractivity contribution in [2.45, 2.75) is 20.8 Å². The van der Waals surface area contributed by atoms with Crippen LogP contribution in [0.5, 0.6) is 0 Å². The van der Waals surface area contributed by atoms with E-state index < -0.39 is 6.62 Å². The third-order valence-corrected chi connectivity index (χ3v) is 10.3. The van der Waals surface area contributed by atoms with Crippen LogP contribution in [0.15, 0.2) is 72.8 Å². The number of benzene rings is 3. The minimum atomic E-state index is -2.54. The summed E-state index contributed by atoms with van der Waals surface area (Å²) in [5.41, 5.74) is 3.79. The first-order valence-corrected chi connectivity index (χ1v) is 10.9. The Balaban J connectivity index is 0.00000208. The fourth-order valence-electron chi connectivity index (χ4n) is 3.31. The maximum absolute atomic E-state index is 7.57. The molecule has 0 saturated heterocycles. The van der Waals surface area contributed by atoms with Gasteiger partial charge in [-0.3, -0.25) is 0 Å². The monoisotopic (exact) mass is 537 g/mol. The van der Waals surface area contributed by atoms with Gasteiger partial charge in [0.25, 0.3) is 0 Å². The molecule has 0 bridgehead atoms. The van der Waals surface area contributed by atoms with Crippen LogP contribution in [0, 0.1) is 20.8 Å². The molecule has 0 fully saturated rings. The quantitative estimate of drug-likeness (QED) is 0.333. The minimum Gasteiger partial charge on any atom is 0 e. The molecular weight excluding hydrogens is 516 g/mol. The van der Waals surface area contributed by atoms with Gasteiger partial charge < -0.3 is 0 Å². The van der Waals surface area contributed by atoms with Gasteiger partial charge in [-0.25, -0.2) is 0 Å². The first-order valence-electron chi connectivity index (χ1n) is 7.92. The molecule has 0 saturated carbocycles. The van der Waals surface area contributed by atoms with Gasteiger partial charge in [0.05, 0.1) is 0 Å². The summed E-state index contributed by atoms with van der Waals surface area (Å²) in [6, 6.07) is 25.6. The van der Waals surface area contributed by atoms with Crippen molar-refractivity contribution in [2.24, 2.45) is 0 Å². The Morgan fingerprint density at radius 2 is 0.792 bits per heavy atom. The van der Waals surface area contributed by atoms with E-state index in [9.17, 15) is 0 Å². The molecule has 0 amide bonds. The average molecular weight is 538 g/mol. The predicted octanol–water partition coefficient (Wildman–Crippen LogP) is 4.79. The molecule has 3 rings (SSSR count). The summed E-state index contributed by atoms with van der Waals surface area (Å²) >= 11 is 7.57. The number of halogens is 1. The van der Waals surface area contributed by atoms with Crippen LogP contribution in [-0.2, 0) is 22.4 Å². The Morgan fingerprint density at radius 1 is 0.542 bits per heavy atom. The molecule has 24 heavy (non-hydrogen) atoms. The van der Waals surface area contributed by atoms with E-state index in [1.165, 1.54) is 32.6 Å². The van der Waals surface area contributed by atoms with Crippen LogP contribution in [0.3, 0.4) is 0 Å². The summed E-state index contributed by atoms with van der Waals surface area (Å²) in [5.74, 6) is 0. The Labute approximate surface area is 165 Å². The molecule has 129 valence electrons. The van der Waals surface area contributed by atoms with Crippen LogP contribution < -0.4 is 15.9 Å². The molecule has 0 spiro atoms. The van der Waals surface area contributed by atoms with E-state index in [2.05, 4.69) is 93.6 Å². The van der Waals surface area contributed by atoms with Crippen LogP contribution in [0.2, 0.25) is 0 Å². The molecule has 0 nitrogen and oxygen atoms in total. The van der Waals surface area contributed by atoms with Crippen molar-refractivity contribution in [3.63, 3.8) is 0 Å². The number of rotatable bonds is 3. The van der Waals surface area contributed by atoms with E-state index >= 15 is 0 Å². The summed E-state index contributed by atoms with van der Waals surface area (Å²) < 4.78 is 0. The van der Waals surface area contributed by atoms with Gasteiger partial charge in [-0.2, -0.15) is 0 Å².